The summed E-state index contributed by atoms with van der Waals surface area (Å²) in [6.07, 6.45) is 7.24. The first-order valence-electron chi connectivity index (χ1n) is 7.38. The van der Waals surface area contributed by atoms with Crippen LogP contribution >= 0.6 is 0 Å². The molecule has 0 unspecified atom stereocenters. The molecular formula is C16H27NO. The Hall–Kier alpha value is -0.790. The largest absolute Gasteiger partial charge is 0.342 e. The van der Waals surface area contributed by atoms with E-state index in [0.717, 1.165) is 13.1 Å². The highest BCUT2D eigenvalue weighted by Gasteiger charge is 2.61. The smallest absolute Gasteiger partial charge is 0.226 e. The first-order chi connectivity index (χ1) is 8.44. The van der Waals surface area contributed by atoms with Crippen molar-refractivity contribution in [2.75, 3.05) is 13.1 Å². The minimum atomic E-state index is 0.167. The number of carbonyl (C=O) groups excluding carboxylic acids is 1. The molecule has 0 spiro atoms. The monoisotopic (exact) mass is 249 g/mol. The van der Waals surface area contributed by atoms with E-state index in [1.807, 2.05) is 0 Å². The minimum absolute atomic E-state index is 0.167. The second-order valence-corrected chi connectivity index (χ2v) is 6.81. The number of amides is 1. The number of allylic oxidation sites excluding steroid dienone is 2. The zero-order valence-electron chi connectivity index (χ0n) is 12.3. The lowest BCUT2D eigenvalue weighted by atomic mass is 10.1. The van der Waals surface area contributed by atoms with Gasteiger partial charge in [-0.1, -0.05) is 38.3 Å². The van der Waals surface area contributed by atoms with Crippen molar-refractivity contribution in [1.82, 2.24) is 4.90 Å². The first kappa shape index (κ1) is 13.6. The van der Waals surface area contributed by atoms with E-state index in [1.165, 1.54) is 31.3 Å². The van der Waals surface area contributed by atoms with Gasteiger partial charge >= 0.3 is 0 Å². The van der Waals surface area contributed by atoms with Crippen LogP contribution in [-0.4, -0.2) is 23.9 Å². The lowest BCUT2D eigenvalue weighted by Gasteiger charge is -2.21. The van der Waals surface area contributed by atoms with Crippen LogP contribution in [0.4, 0.5) is 0 Å². The Morgan fingerprint density at radius 1 is 1.11 bits per heavy atom. The van der Waals surface area contributed by atoms with Crippen molar-refractivity contribution >= 4 is 5.91 Å². The van der Waals surface area contributed by atoms with Gasteiger partial charge in [0.25, 0.3) is 0 Å². The van der Waals surface area contributed by atoms with Gasteiger partial charge < -0.3 is 4.90 Å². The van der Waals surface area contributed by atoms with E-state index >= 15 is 0 Å². The molecule has 2 nitrogen and oxygen atoms in total. The third-order valence-corrected chi connectivity index (χ3v) is 4.61. The summed E-state index contributed by atoms with van der Waals surface area (Å²) in [6, 6.07) is 0. The van der Waals surface area contributed by atoms with Gasteiger partial charge in [-0.2, -0.15) is 0 Å². The molecule has 0 bridgehead atoms. The molecule has 0 N–H and O–H groups in total. The molecule has 18 heavy (non-hydrogen) atoms. The number of carbonyl (C=O) groups is 1. The van der Waals surface area contributed by atoms with Gasteiger partial charge in [-0.15, -0.1) is 0 Å². The van der Waals surface area contributed by atoms with E-state index in [4.69, 9.17) is 0 Å². The van der Waals surface area contributed by atoms with Crippen molar-refractivity contribution in [2.45, 2.75) is 53.4 Å². The number of rotatable bonds is 2. The maximum Gasteiger partial charge on any atom is 0.226 e. The van der Waals surface area contributed by atoms with Crippen molar-refractivity contribution in [3.63, 3.8) is 0 Å². The standard InChI is InChI=1S/C16H27NO/c1-12(2)11-13-14(16(13,3)4)15(18)17-9-7-5-6-8-10-17/h11,13-14H,5-10H2,1-4H3/t13-,14+/m0/s1. The van der Waals surface area contributed by atoms with Gasteiger partial charge in [-0.25, -0.2) is 0 Å². The molecule has 0 radical (unpaired) electrons. The summed E-state index contributed by atoms with van der Waals surface area (Å²) in [5.41, 5.74) is 1.50. The van der Waals surface area contributed by atoms with E-state index in [0.29, 0.717) is 11.8 Å². The average Bonchev–Trinajstić information content (AvgIpc) is 2.91. The molecule has 2 fully saturated rings. The van der Waals surface area contributed by atoms with Crippen molar-refractivity contribution < 1.29 is 4.79 Å². The molecule has 0 aromatic rings. The second kappa shape index (κ2) is 5.07. The van der Waals surface area contributed by atoms with Gasteiger partial charge in [0.1, 0.15) is 0 Å². The predicted molar refractivity (Wildman–Crippen MR) is 75.2 cm³/mol. The van der Waals surface area contributed by atoms with E-state index in [9.17, 15) is 4.79 Å². The van der Waals surface area contributed by atoms with E-state index in [1.54, 1.807) is 0 Å². The highest BCUT2D eigenvalue weighted by molar-refractivity contribution is 5.83. The van der Waals surface area contributed by atoms with Crippen LogP contribution in [0.25, 0.3) is 0 Å². The Labute approximate surface area is 111 Å². The van der Waals surface area contributed by atoms with Crippen LogP contribution in [0.5, 0.6) is 0 Å². The molecule has 2 aliphatic rings. The normalized spacial score (nSPS) is 30.6. The van der Waals surface area contributed by atoms with E-state index in [2.05, 4.69) is 38.7 Å². The highest BCUT2D eigenvalue weighted by atomic mass is 16.2. The summed E-state index contributed by atoms with van der Waals surface area (Å²) in [5.74, 6) is 1.09. The van der Waals surface area contributed by atoms with E-state index < -0.39 is 0 Å². The number of hydrogen-bond donors (Lipinski definition) is 0. The zero-order valence-corrected chi connectivity index (χ0v) is 12.3. The molecule has 1 amide bonds. The fourth-order valence-corrected chi connectivity index (χ4v) is 3.31. The summed E-state index contributed by atoms with van der Waals surface area (Å²) in [4.78, 5) is 14.7. The van der Waals surface area contributed by atoms with Gasteiger partial charge in [0.2, 0.25) is 5.91 Å². The second-order valence-electron chi connectivity index (χ2n) is 6.81. The number of likely N-dealkylation sites (tertiary alicyclic amines) is 1. The van der Waals surface area contributed by atoms with Crippen molar-refractivity contribution in [3.8, 4) is 0 Å². The highest BCUT2D eigenvalue weighted by Crippen LogP contribution is 2.60. The zero-order chi connectivity index (χ0) is 13.3. The lowest BCUT2D eigenvalue weighted by molar-refractivity contribution is -0.133. The summed E-state index contributed by atoms with van der Waals surface area (Å²) in [5, 5.41) is 0. The van der Waals surface area contributed by atoms with Gasteiger partial charge in [0.15, 0.2) is 0 Å². The lowest BCUT2D eigenvalue weighted by Crippen LogP contribution is -2.34. The molecule has 1 aliphatic heterocycles. The minimum Gasteiger partial charge on any atom is -0.342 e. The Morgan fingerprint density at radius 2 is 1.67 bits per heavy atom. The average molecular weight is 249 g/mol. The molecule has 2 atom stereocenters. The fraction of sp³-hybridized carbons (Fsp3) is 0.812. The molecule has 1 saturated carbocycles. The first-order valence-corrected chi connectivity index (χ1v) is 7.38. The van der Waals surface area contributed by atoms with Crippen molar-refractivity contribution in [1.29, 1.82) is 0 Å². The molecule has 2 rings (SSSR count). The molecule has 0 aromatic heterocycles. The Balaban J connectivity index is 2.03. The third-order valence-electron chi connectivity index (χ3n) is 4.61. The van der Waals surface area contributed by atoms with Crippen LogP contribution in [0, 0.1) is 17.3 Å². The van der Waals surface area contributed by atoms with Crippen LogP contribution < -0.4 is 0 Å². The molecule has 0 aromatic carbocycles. The molecule has 2 heteroatoms. The topological polar surface area (TPSA) is 20.3 Å². The van der Waals surface area contributed by atoms with Crippen LogP contribution in [0.15, 0.2) is 11.6 Å². The maximum absolute atomic E-state index is 12.6. The summed E-state index contributed by atoms with van der Waals surface area (Å²) < 4.78 is 0. The quantitative estimate of drug-likeness (QED) is 0.684. The van der Waals surface area contributed by atoms with Crippen LogP contribution in [-0.2, 0) is 4.79 Å². The van der Waals surface area contributed by atoms with Crippen LogP contribution in [0.2, 0.25) is 0 Å². The molecule has 102 valence electrons. The summed E-state index contributed by atoms with van der Waals surface area (Å²) in [6.45, 7) is 10.7. The fourth-order valence-electron chi connectivity index (χ4n) is 3.31. The predicted octanol–water partition coefficient (Wildman–Crippen LogP) is 3.63. The summed E-state index contributed by atoms with van der Waals surface area (Å²) >= 11 is 0. The van der Waals surface area contributed by atoms with Crippen LogP contribution in [0.3, 0.4) is 0 Å². The number of nitrogens with zero attached hydrogens (tertiary/aromatic N) is 1. The van der Waals surface area contributed by atoms with Gasteiger partial charge in [0, 0.05) is 13.1 Å². The van der Waals surface area contributed by atoms with Crippen LogP contribution in [0.1, 0.15) is 53.4 Å². The SMILES string of the molecule is CC(C)=C[C@H]1[C@H](C(=O)N2CCCCCC2)C1(C)C. The van der Waals surface area contributed by atoms with Crippen molar-refractivity contribution in [2.24, 2.45) is 17.3 Å². The number of hydrogen-bond acceptors (Lipinski definition) is 1. The van der Waals surface area contributed by atoms with Gasteiger partial charge in [-0.05, 0) is 38.0 Å². The van der Waals surface area contributed by atoms with Gasteiger partial charge in [0.05, 0.1) is 5.92 Å². The third kappa shape index (κ3) is 2.62. The van der Waals surface area contributed by atoms with Crippen molar-refractivity contribution in [3.05, 3.63) is 11.6 Å². The maximum atomic E-state index is 12.6. The Bertz CT molecular complexity index is 344. The van der Waals surface area contributed by atoms with Gasteiger partial charge in [-0.3, -0.25) is 4.79 Å². The molecule has 1 aliphatic carbocycles. The summed E-state index contributed by atoms with van der Waals surface area (Å²) in [7, 11) is 0. The molecule has 1 saturated heterocycles. The Morgan fingerprint density at radius 3 is 2.17 bits per heavy atom. The van der Waals surface area contributed by atoms with E-state index in [-0.39, 0.29) is 11.3 Å². The molecular weight excluding hydrogens is 222 g/mol. The molecule has 1 heterocycles. The Kier molecular flexibility index (Phi) is 3.84.